The van der Waals surface area contributed by atoms with Gasteiger partial charge in [0, 0.05) is 30.0 Å². The van der Waals surface area contributed by atoms with E-state index in [2.05, 4.69) is 35.2 Å². The fourth-order valence-electron chi connectivity index (χ4n) is 4.63. The van der Waals surface area contributed by atoms with Crippen molar-refractivity contribution in [3.05, 3.63) is 54.1 Å². The Labute approximate surface area is 213 Å². The van der Waals surface area contributed by atoms with E-state index in [4.69, 9.17) is 20.1 Å². The van der Waals surface area contributed by atoms with E-state index in [1.165, 1.54) is 5.56 Å². The minimum atomic E-state index is 0.139. The van der Waals surface area contributed by atoms with Crippen LogP contribution in [-0.4, -0.2) is 52.2 Å². The molecular formula is C29H35N5O2. The van der Waals surface area contributed by atoms with Crippen molar-refractivity contribution < 1.29 is 9.53 Å². The van der Waals surface area contributed by atoms with Crippen LogP contribution in [0.1, 0.15) is 38.7 Å². The fourth-order valence-corrected chi connectivity index (χ4v) is 4.63. The number of Topliss-reactive ketones (excluding diaryl/α,β-unsaturated/α-hetero) is 1. The van der Waals surface area contributed by atoms with E-state index in [1.54, 1.807) is 11.8 Å². The van der Waals surface area contributed by atoms with Crippen LogP contribution < -0.4 is 4.74 Å². The van der Waals surface area contributed by atoms with Crippen molar-refractivity contribution in [3.63, 3.8) is 0 Å². The van der Waals surface area contributed by atoms with Crippen LogP contribution >= 0.6 is 0 Å². The highest BCUT2D eigenvalue weighted by Crippen LogP contribution is 2.26. The lowest BCUT2D eigenvalue weighted by molar-refractivity contribution is -0.120. The van der Waals surface area contributed by atoms with Crippen molar-refractivity contribution in [1.29, 1.82) is 5.26 Å². The van der Waals surface area contributed by atoms with Gasteiger partial charge in [0.2, 0.25) is 0 Å². The van der Waals surface area contributed by atoms with Crippen molar-refractivity contribution in [1.82, 2.24) is 19.7 Å². The summed E-state index contributed by atoms with van der Waals surface area (Å²) in [6.45, 7) is 7.29. The topological polar surface area (TPSA) is 84.0 Å². The Kier molecular flexibility index (Phi) is 8.50. The molecule has 0 bridgehead atoms. The maximum Gasteiger partial charge on any atom is 0.181 e. The molecule has 0 aliphatic carbocycles. The Hall–Kier alpha value is -3.50. The summed E-state index contributed by atoms with van der Waals surface area (Å²) in [7, 11) is 1.64. The first-order valence-electron chi connectivity index (χ1n) is 12.8. The molecule has 0 atom stereocenters. The summed E-state index contributed by atoms with van der Waals surface area (Å²) in [5, 5.41) is 13.8. The first kappa shape index (κ1) is 25.6. The van der Waals surface area contributed by atoms with E-state index in [-0.39, 0.29) is 18.2 Å². The third kappa shape index (κ3) is 6.58. The van der Waals surface area contributed by atoms with Gasteiger partial charge >= 0.3 is 0 Å². The second-order valence-electron chi connectivity index (χ2n) is 9.98. The van der Waals surface area contributed by atoms with Gasteiger partial charge in [0.05, 0.1) is 13.2 Å². The summed E-state index contributed by atoms with van der Waals surface area (Å²) in [4.78, 5) is 19.9. The third-order valence-corrected chi connectivity index (χ3v) is 6.66. The van der Waals surface area contributed by atoms with E-state index in [0.717, 1.165) is 55.8 Å². The van der Waals surface area contributed by atoms with Gasteiger partial charge in [-0.25, -0.2) is 9.67 Å². The second-order valence-corrected chi connectivity index (χ2v) is 9.98. The molecule has 1 fully saturated rings. The van der Waals surface area contributed by atoms with Gasteiger partial charge in [0.25, 0.3) is 0 Å². The number of hydrogen-bond acceptors (Lipinski definition) is 6. The molecule has 0 amide bonds. The number of ether oxygens (including phenoxy) is 1. The number of nitriles is 1. The molecule has 7 nitrogen and oxygen atoms in total. The minimum Gasteiger partial charge on any atom is -0.497 e. The molecule has 0 saturated carbocycles. The van der Waals surface area contributed by atoms with E-state index in [9.17, 15) is 4.79 Å². The number of hydrogen-bond donors (Lipinski definition) is 0. The third-order valence-electron chi connectivity index (χ3n) is 6.66. The van der Waals surface area contributed by atoms with Gasteiger partial charge in [-0.2, -0.15) is 5.26 Å². The predicted molar refractivity (Wildman–Crippen MR) is 140 cm³/mol. The van der Waals surface area contributed by atoms with Gasteiger partial charge in [-0.15, -0.1) is 5.10 Å². The molecule has 0 radical (unpaired) electrons. The van der Waals surface area contributed by atoms with E-state index in [0.29, 0.717) is 24.0 Å². The summed E-state index contributed by atoms with van der Waals surface area (Å²) in [5.41, 5.74) is 3.05. The molecule has 4 rings (SSSR count). The molecule has 1 aromatic heterocycles. The molecular weight excluding hydrogens is 450 g/mol. The average molecular weight is 486 g/mol. The van der Waals surface area contributed by atoms with Crippen LogP contribution in [0, 0.1) is 23.2 Å². The lowest BCUT2D eigenvalue weighted by atomic mass is 9.98. The number of rotatable bonds is 10. The highest BCUT2D eigenvalue weighted by molar-refractivity contribution is 5.79. The van der Waals surface area contributed by atoms with E-state index in [1.807, 2.05) is 38.1 Å². The maximum atomic E-state index is 12.6. The molecule has 7 heteroatoms. The Morgan fingerprint density at radius 1 is 1.14 bits per heavy atom. The van der Waals surface area contributed by atoms with Crippen LogP contribution in [0.25, 0.3) is 22.8 Å². The Balaban J connectivity index is 1.50. The zero-order chi connectivity index (χ0) is 25.5. The lowest BCUT2D eigenvalue weighted by Crippen LogP contribution is -2.34. The molecule has 3 aromatic rings. The summed E-state index contributed by atoms with van der Waals surface area (Å²) >= 11 is 0. The van der Waals surface area contributed by atoms with Crippen LogP contribution in [0.2, 0.25) is 0 Å². The normalized spacial score (nSPS) is 14.6. The molecule has 36 heavy (non-hydrogen) atoms. The van der Waals surface area contributed by atoms with Gasteiger partial charge in [-0.3, -0.25) is 4.79 Å². The van der Waals surface area contributed by atoms with Crippen LogP contribution in [0.15, 0.2) is 48.5 Å². The Morgan fingerprint density at radius 3 is 2.56 bits per heavy atom. The smallest absolute Gasteiger partial charge is 0.181 e. The van der Waals surface area contributed by atoms with Gasteiger partial charge < -0.3 is 9.64 Å². The summed E-state index contributed by atoms with van der Waals surface area (Å²) < 4.78 is 7.11. The molecule has 0 unspecified atom stereocenters. The summed E-state index contributed by atoms with van der Waals surface area (Å²) in [6, 6.07) is 18.5. The number of methoxy groups -OCH3 is 1. The highest BCUT2D eigenvalue weighted by Gasteiger charge is 2.19. The number of nitrogens with zero attached hydrogens (tertiary/aromatic N) is 5. The predicted octanol–water partition coefficient (Wildman–Crippen LogP) is 5.01. The van der Waals surface area contributed by atoms with Crippen LogP contribution in [-0.2, 0) is 17.8 Å². The highest BCUT2D eigenvalue weighted by atomic mass is 16.5. The summed E-state index contributed by atoms with van der Waals surface area (Å²) in [6.07, 6.45) is 3.42. The molecule has 1 aliphatic heterocycles. The SMILES string of the molecule is COc1cccc(-c2nc(-c3ccc(CCN4CCC(C#N)CC4)cc3)nn2CC(=O)CC(C)C)c1. The molecule has 2 aromatic carbocycles. The maximum absolute atomic E-state index is 12.6. The number of ketones is 1. The van der Waals surface area contributed by atoms with Crippen molar-refractivity contribution in [2.75, 3.05) is 26.7 Å². The van der Waals surface area contributed by atoms with Crippen molar-refractivity contribution in [2.45, 2.75) is 46.1 Å². The zero-order valence-corrected chi connectivity index (χ0v) is 21.5. The Bertz CT molecular complexity index is 1200. The van der Waals surface area contributed by atoms with E-state index < -0.39 is 0 Å². The van der Waals surface area contributed by atoms with Crippen LogP contribution in [0.3, 0.4) is 0 Å². The fraction of sp³-hybridized carbons (Fsp3) is 0.448. The molecule has 1 aliphatic rings. The standard InChI is InChI=1S/C29H35N5O2/c1-21(2)17-26(35)20-34-29(25-5-4-6-27(18-25)36-3)31-28(32-34)24-9-7-22(8-10-24)11-14-33-15-12-23(19-30)13-16-33/h4-10,18,21,23H,11-17,20H2,1-3H3. The molecule has 1 saturated heterocycles. The second kappa shape index (κ2) is 12.0. The molecule has 2 heterocycles. The van der Waals surface area contributed by atoms with Gasteiger partial charge in [0.1, 0.15) is 12.3 Å². The quantitative estimate of drug-likeness (QED) is 0.401. The number of benzene rings is 2. The summed E-state index contributed by atoms with van der Waals surface area (Å²) in [5.74, 6) is 2.65. The van der Waals surface area contributed by atoms with E-state index >= 15 is 0 Å². The first-order valence-corrected chi connectivity index (χ1v) is 12.8. The van der Waals surface area contributed by atoms with Crippen molar-refractivity contribution >= 4 is 5.78 Å². The molecule has 188 valence electrons. The number of carbonyl (C=O) groups excluding carboxylic acids is 1. The number of likely N-dealkylation sites (tertiary alicyclic amines) is 1. The first-order chi connectivity index (χ1) is 17.4. The van der Waals surface area contributed by atoms with Crippen LogP contribution in [0.4, 0.5) is 0 Å². The number of carbonyl (C=O) groups is 1. The van der Waals surface area contributed by atoms with Crippen molar-refractivity contribution in [2.24, 2.45) is 11.8 Å². The van der Waals surface area contributed by atoms with Gasteiger partial charge in [-0.1, -0.05) is 50.2 Å². The zero-order valence-electron chi connectivity index (χ0n) is 21.5. The molecule has 0 N–H and O–H groups in total. The van der Waals surface area contributed by atoms with Gasteiger partial charge in [-0.05, 0) is 56.0 Å². The number of piperidine rings is 1. The monoisotopic (exact) mass is 485 g/mol. The van der Waals surface area contributed by atoms with Crippen molar-refractivity contribution in [3.8, 4) is 34.6 Å². The lowest BCUT2D eigenvalue weighted by Gasteiger charge is -2.28. The molecule has 0 spiro atoms. The van der Waals surface area contributed by atoms with Crippen LogP contribution in [0.5, 0.6) is 5.75 Å². The minimum absolute atomic E-state index is 0.139. The Morgan fingerprint density at radius 2 is 1.89 bits per heavy atom. The average Bonchev–Trinajstić information content (AvgIpc) is 3.31. The number of aromatic nitrogens is 3. The largest absolute Gasteiger partial charge is 0.497 e. The van der Waals surface area contributed by atoms with Gasteiger partial charge in [0.15, 0.2) is 17.4 Å².